The molecule has 0 radical (unpaired) electrons. The lowest BCUT2D eigenvalue weighted by atomic mass is 10.1. The first kappa shape index (κ1) is 11.4. The third kappa shape index (κ3) is 1.82. The van der Waals surface area contributed by atoms with Gasteiger partial charge in [-0.2, -0.15) is 0 Å². The zero-order valence-electron chi connectivity index (χ0n) is 9.57. The van der Waals surface area contributed by atoms with Crippen LogP contribution in [0.1, 0.15) is 11.3 Å². The van der Waals surface area contributed by atoms with E-state index >= 15 is 0 Å². The molecule has 0 aliphatic rings. The van der Waals surface area contributed by atoms with Crippen molar-refractivity contribution in [1.29, 1.82) is 0 Å². The number of rotatable bonds is 2. The van der Waals surface area contributed by atoms with E-state index in [2.05, 4.69) is 0 Å². The normalized spacial score (nSPS) is 11.5. The molecule has 1 heterocycles. The van der Waals surface area contributed by atoms with Gasteiger partial charge in [-0.3, -0.25) is 0 Å². The third-order valence-corrected chi connectivity index (χ3v) is 2.86. The molecule has 3 nitrogen and oxygen atoms in total. The van der Waals surface area contributed by atoms with E-state index in [4.69, 9.17) is 5.11 Å². The third-order valence-electron chi connectivity index (χ3n) is 2.86. The van der Waals surface area contributed by atoms with Crippen molar-refractivity contribution in [2.45, 2.75) is 6.92 Å². The Kier molecular flexibility index (Phi) is 2.71. The summed E-state index contributed by atoms with van der Waals surface area (Å²) in [4.78, 5) is 10.5. The summed E-state index contributed by atoms with van der Waals surface area (Å²) >= 11 is 0. The minimum absolute atomic E-state index is 0.303. The molecular formula is C13H12FNO2. The highest BCUT2D eigenvalue weighted by Crippen LogP contribution is 2.27. The first-order valence-corrected chi connectivity index (χ1v) is 5.17. The first-order valence-electron chi connectivity index (χ1n) is 5.17. The topological polar surface area (TPSA) is 42.2 Å². The molecule has 0 unspecified atom stereocenters. The molecule has 0 saturated heterocycles. The maximum atomic E-state index is 13.7. The maximum absolute atomic E-state index is 13.7. The molecule has 88 valence electrons. The summed E-state index contributed by atoms with van der Waals surface area (Å²) in [6.45, 7) is 1.85. The fourth-order valence-corrected chi connectivity index (χ4v) is 2.06. The number of aryl methyl sites for hydroxylation is 2. The van der Waals surface area contributed by atoms with Crippen LogP contribution >= 0.6 is 0 Å². The Morgan fingerprint density at radius 2 is 2.18 bits per heavy atom. The van der Waals surface area contributed by atoms with Crippen molar-refractivity contribution < 1.29 is 14.3 Å². The molecule has 4 heteroatoms. The molecule has 1 aromatic carbocycles. The molecule has 0 amide bonds. The predicted octanol–water partition coefficient (Wildman–Crippen LogP) is 2.72. The van der Waals surface area contributed by atoms with E-state index in [1.165, 1.54) is 12.1 Å². The molecule has 1 aromatic heterocycles. The summed E-state index contributed by atoms with van der Waals surface area (Å²) in [6.07, 6.45) is 2.54. The van der Waals surface area contributed by atoms with Gasteiger partial charge in [0.05, 0.1) is 5.52 Å². The van der Waals surface area contributed by atoms with Gasteiger partial charge in [0.2, 0.25) is 0 Å². The van der Waals surface area contributed by atoms with E-state index in [-0.39, 0.29) is 5.82 Å². The number of carbonyl (C=O) groups is 1. The summed E-state index contributed by atoms with van der Waals surface area (Å²) in [5, 5.41) is 9.42. The van der Waals surface area contributed by atoms with Crippen molar-refractivity contribution in [1.82, 2.24) is 4.57 Å². The van der Waals surface area contributed by atoms with E-state index in [1.807, 2.05) is 13.0 Å². The molecular weight excluding hydrogens is 221 g/mol. The van der Waals surface area contributed by atoms with Gasteiger partial charge < -0.3 is 9.67 Å². The lowest BCUT2D eigenvalue weighted by Gasteiger charge is -2.00. The number of benzene rings is 1. The van der Waals surface area contributed by atoms with Crippen LogP contribution in [0.2, 0.25) is 0 Å². The Balaban J connectivity index is 2.73. The minimum Gasteiger partial charge on any atom is -0.478 e. The number of carboxylic acids is 1. The highest BCUT2D eigenvalue weighted by atomic mass is 19.1. The zero-order valence-corrected chi connectivity index (χ0v) is 9.57. The van der Waals surface area contributed by atoms with Gasteiger partial charge in [-0.15, -0.1) is 0 Å². The number of hydrogen-bond acceptors (Lipinski definition) is 1. The maximum Gasteiger partial charge on any atom is 0.328 e. The van der Waals surface area contributed by atoms with Crippen LogP contribution in [0.4, 0.5) is 4.39 Å². The first-order chi connectivity index (χ1) is 8.02. The Hall–Kier alpha value is -2.10. The van der Waals surface area contributed by atoms with Crippen molar-refractivity contribution in [3.05, 3.63) is 41.3 Å². The van der Waals surface area contributed by atoms with E-state index in [0.29, 0.717) is 11.2 Å². The van der Waals surface area contributed by atoms with Gasteiger partial charge in [0, 0.05) is 24.2 Å². The van der Waals surface area contributed by atoms with Crippen LogP contribution < -0.4 is 0 Å². The van der Waals surface area contributed by atoms with Crippen LogP contribution in [0.5, 0.6) is 0 Å². The van der Waals surface area contributed by atoms with E-state index in [9.17, 15) is 9.18 Å². The molecule has 0 bridgehead atoms. The Labute approximate surface area is 97.8 Å². The lowest BCUT2D eigenvalue weighted by molar-refractivity contribution is -0.131. The van der Waals surface area contributed by atoms with Gasteiger partial charge in [-0.1, -0.05) is 12.1 Å². The summed E-state index contributed by atoms with van der Waals surface area (Å²) in [5.41, 5.74) is 2.07. The average molecular weight is 233 g/mol. The SMILES string of the molecule is Cc1c(/C=C/C(=O)O)n(C)c2c(F)cccc12. The largest absolute Gasteiger partial charge is 0.478 e. The molecule has 17 heavy (non-hydrogen) atoms. The number of fused-ring (bicyclic) bond motifs is 1. The molecule has 0 aliphatic carbocycles. The number of aromatic nitrogens is 1. The number of halogens is 1. The van der Waals surface area contributed by atoms with Crippen molar-refractivity contribution in [3.8, 4) is 0 Å². The van der Waals surface area contributed by atoms with Gasteiger partial charge in [-0.05, 0) is 24.6 Å². The van der Waals surface area contributed by atoms with E-state index < -0.39 is 5.97 Å². The second-order valence-electron chi connectivity index (χ2n) is 3.88. The van der Waals surface area contributed by atoms with Crippen LogP contribution in [-0.2, 0) is 11.8 Å². The van der Waals surface area contributed by atoms with Gasteiger partial charge in [-0.25, -0.2) is 9.18 Å². The predicted molar refractivity (Wildman–Crippen MR) is 64.3 cm³/mol. The number of para-hydroxylation sites is 1. The van der Waals surface area contributed by atoms with Crippen LogP contribution in [0, 0.1) is 12.7 Å². The molecule has 2 aromatic rings. The van der Waals surface area contributed by atoms with Crippen LogP contribution in [0.3, 0.4) is 0 Å². The standard InChI is InChI=1S/C13H12FNO2/c1-8-9-4-3-5-10(14)13(9)15(2)11(8)6-7-12(16)17/h3-7H,1-2H3,(H,16,17)/b7-6+. The molecule has 0 saturated carbocycles. The molecule has 0 atom stereocenters. The second-order valence-corrected chi connectivity index (χ2v) is 3.88. The number of nitrogens with zero attached hydrogens (tertiary/aromatic N) is 1. The zero-order chi connectivity index (χ0) is 12.6. The monoisotopic (exact) mass is 233 g/mol. The molecule has 0 spiro atoms. The Morgan fingerprint density at radius 1 is 1.47 bits per heavy atom. The van der Waals surface area contributed by atoms with E-state index in [1.54, 1.807) is 17.7 Å². The summed E-state index contributed by atoms with van der Waals surface area (Å²) in [7, 11) is 1.72. The number of carboxylic acid groups (broad SMARTS) is 1. The molecule has 0 fully saturated rings. The van der Waals surface area contributed by atoms with Crippen molar-refractivity contribution in [3.63, 3.8) is 0 Å². The molecule has 1 N–H and O–H groups in total. The lowest BCUT2D eigenvalue weighted by Crippen LogP contribution is -1.94. The number of aliphatic carboxylic acids is 1. The summed E-state index contributed by atoms with van der Waals surface area (Å²) < 4.78 is 15.3. The van der Waals surface area contributed by atoms with Crippen molar-refractivity contribution in [2.24, 2.45) is 7.05 Å². The number of hydrogen-bond donors (Lipinski definition) is 1. The Bertz CT molecular complexity index is 626. The Morgan fingerprint density at radius 3 is 2.76 bits per heavy atom. The highest BCUT2D eigenvalue weighted by molar-refractivity contribution is 5.91. The fraction of sp³-hybridized carbons (Fsp3) is 0.154. The van der Waals surface area contributed by atoms with Crippen molar-refractivity contribution >= 4 is 22.9 Å². The highest BCUT2D eigenvalue weighted by Gasteiger charge is 2.12. The second kappa shape index (κ2) is 4.05. The summed E-state index contributed by atoms with van der Waals surface area (Å²) in [6, 6.07) is 4.87. The molecule has 0 aliphatic heterocycles. The van der Waals surface area contributed by atoms with Crippen molar-refractivity contribution in [2.75, 3.05) is 0 Å². The summed E-state index contributed by atoms with van der Waals surface area (Å²) in [5.74, 6) is -1.32. The van der Waals surface area contributed by atoms with Gasteiger partial charge >= 0.3 is 5.97 Å². The quantitative estimate of drug-likeness (QED) is 0.810. The average Bonchev–Trinajstić information content (AvgIpc) is 2.50. The van der Waals surface area contributed by atoms with Gasteiger partial charge in [0.25, 0.3) is 0 Å². The van der Waals surface area contributed by atoms with Gasteiger partial charge in [0.15, 0.2) is 0 Å². The van der Waals surface area contributed by atoms with Crippen LogP contribution in [0.25, 0.3) is 17.0 Å². The van der Waals surface area contributed by atoms with E-state index in [0.717, 1.165) is 17.0 Å². The van der Waals surface area contributed by atoms with Gasteiger partial charge in [0.1, 0.15) is 5.82 Å². The minimum atomic E-state index is -1.02. The fourth-order valence-electron chi connectivity index (χ4n) is 2.06. The molecule has 2 rings (SSSR count). The van der Waals surface area contributed by atoms with Crippen LogP contribution in [0.15, 0.2) is 24.3 Å². The smallest absolute Gasteiger partial charge is 0.328 e. The van der Waals surface area contributed by atoms with Crippen LogP contribution in [-0.4, -0.2) is 15.6 Å².